The van der Waals surface area contributed by atoms with Crippen molar-refractivity contribution in [2.75, 3.05) is 52.6 Å². The maximum atomic E-state index is 5.40. The van der Waals surface area contributed by atoms with Gasteiger partial charge < -0.3 is 20.1 Å². The van der Waals surface area contributed by atoms with E-state index < -0.39 is 0 Å². The van der Waals surface area contributed by atoms with Crippen molar-refractivity contribution in [2.45, 2.75) is 33.4 Å². The highest BCUT2D eigenvalue weighted by molar-refractivity contribution is 5.79. The number of rotatable bonds is 10. The first-order valence-corrected chi connectivity index (χ1v) is 9.79. The van der Waals surface area contributed by atoms with Gasteiger partial charge in [-0.15, -0.1) is 0 Å². The fourth-order valence-electron chi connectivity index (χ4n) is 2.81. The van der Waals surface area contributed by atoms with Gasteiger partial charge in [-0.3, -0.25) is 4.90 Å². The molecule has 0 unspecified atom stereocenters. The molecule has 1 fully saturated rings. The SMILES string of the molecule is CCNC(=NCc1ccc(CN2CCOCC2)cc1)NCCCOCC. The third-order valence-corrected chi connectivity index (χ3v) is 4.26. The summed E-state index contributed by atoms with van der Waals surface area (Å²) in [5.41, 5.74) is 2.57. The Balaban J connectivity index is 1.78. The molecule has 0 amide bonds. The lowest BCUT2D eigenvalue weighted by molar-refractivity contribution is 0.0342. The van der Waals surface area contributed by atoms with E-state index in [0.717, 1.165) is 71.5 Å². The average Bonchev–Trinajstić information content (AvgIpc) is 2.68. The monoisotopic (exact) mass is 362 g/mol. The lowest BCUT2D eigenvalue weighted by Crippen LogP contribution is -2.38. The fourth-order valence-corrected chi connectivity index (χ4v) is 2.81. The van der Waals surface area contributed by atoms with Gasteiger partial charge in [0.15, 0.2) is 5.96 Å². The second kappa shape index (κ2) is 12.7. The van der Waals surface area contributed by atoms with E-state index in [9.17, 15) is 0 Å². The van der Waals surface area contributed by atoms with Crippen molar-refractivity contribution in [1.82, 2.24) is 15.5 Å². The summed E-state index contributed by atoms with van der Waals surface area (Å²) in [5, 5.41) is 6.64. The fraction of sp³-hybridized carbons (Fsp3) is 0.650. The van der Waals surface area contributed by atoms with Crippen LogP contribution in [-0.4, -0.2) is 63.5 Å². The van der Waals surface area contributed by atoms with Crippen LogP contribution in [0, 0.1) is 0 Å². The Bertz CT molecular complexity index is 513. The van der Waals surface area contributed by atoms with Crippen LogP contribution in [-0.2, 0) is 22.6 Å². The van der Waals surface area contributed by atoms with E-state index in [1.165, 1.54) is 11.1 Å². The third kappa shape index (κ3) is 8.17. The molecule has 1 aromatic carbocycles. The minimum absolute atomic E-state index is 0.679. The van der Waals surface area contributed by atoms with Crippen LogP contribution < -0.4 is 10.6 Å². The van der Waals surface area contributed by atoms with Crippen molar-refractivity contribution in [3.05, 3.63) is 35.4 Å². The normalized spacial score (nSPS) is 15.8. The molecule has 2 rings (SSSR count). The van der Waals surface area contributed by atoms with Crippen LogP contribution in [0.4, 0.5) is 0 Å². The minimum atomic E-state index is 0.679. The molecule has 0 aliphatic carbocycles. The number of guanidine groups is 1. The number of ether oxygens (including phenoxy) is 2. The standard InChI is InChI=1S/C20H34N4O2/c1-3-21-20(22-10-5-13-25-4-2)23-16-18-6-8-19(9-7-18)17-24-11-14-26-15-12-24/h6-9H,3-5,10-17H2,1-2H3,(H2,21,22,23). The summed E-state index contributed by atoms with van der Waals surface area (Å²) in [6.07, 6.45) is 0.981. The molecule has 26 heavy (non-hydrogen) atoms. The molecule has 0 saturated carbocycles. The van der Waals surface area contributed by atoms with Crippen molar-refractivity contribution >= 4 is 5.96 Å². The number of aliphatic imine (C=N–C) groups is 1. The Morgan fingerprint density at radius 1 is 1.12 bits per heavy atom. The minimum Gasteiger partial charge on any atom is -0.382 e. The molecule has 146 valence electrons. The van der Waals surface area contributed by atoms with Gasteiger partial charge in [-0.2, -0.15) is 0 Å². The number of nitrogens with one attached hydrogen (secondary N) is 2. The largest absolute Gasteiger partial charge is 0.382 e. The van der Waals surface area contributed by atoms with Gasteiger partial charge in [-0.1, -0.05) is 24.3 Å². The molecular formula is C20H34N4O2. The number of benzene rings is 1. The molecule has 1 saturated heterocycles. The van der Waals surface area contributed by atoms with Crippen LogP contribution in [0.2, 0.25) is 0 Å². The molecule has 1 aromatic rings. The van der Waals surface area contributed by atoms with Crippen molar-refractivity contribution < 1.29 is 9.47 Å². The summed E-state index contributed by atoms with van der Waals surface area (Å²) >= 11 is 0. The first-order chi connectivity index (χ1) is 12.8. The molecule has 1 aliphatic heterocycles. The maximum Gasteiger partial charge on any atom is 0.191 e. The highest BCUT2D eigenvalue weighted by Crippen LogP contribution is 2.10. The Kier molecular flexibility index (Phi) is 10.1. The van der Waals surface area contributed by atoms with Gasteiger partial charge >= 0.3 is 0 Å². The van der Waals surface area contributed by atoms with E-state index in [-0.39, 0.29) is 0 Å². The van der Waals surface area contributed by atoms with Gasteiger partial charge in [0.2, 0.25) is 0 Å². The van der Waals surface area contributed by atoms with Crippen molar-refractivity contribution in [3.8, 4) is 0 Å². The Morgan fingerprint density at radius 3 is 2.54 bits per heavy atom. The zero-order valence-electron chi connectivity index (χ0n) is 16.3. The number of hydrogen-bond acceptors (Lipinski definition) is 4. The van der Waals surface area contributed by atoms with Crippen LogP contribution in [0.15, 0.2) is 29.3 Å². The summed E-state index contributed by atoms with van der Waals surface area (Å²) in [6, 6.07) is 8.78. The zero-order chi connectivity index (χ0) is 18.5. The average molecular weight is 363 g/mol. The van der Waals surface area contributed by atoms with Crippen LogP contribution in [0.25, 0.3) is 0 Å². The highest BCUT2D eigenvalue weighted by atomic mass is 16.5. The van der Waals surface area contributed by atoms with Gasteiger partial charge in [0, 0.05) is 45.9 Å². The van der Waals surface area contributed by atoms with Gasteiger partial charge in [-0.25, -0.2) is 4.99 Å². The van der Waals surface area contributed by atoms with E-state index in [1.54, 1.807) is 0 Å². The van der Waals surface area contributed by atoms with Gasteiger partial charge in [0.05, 0.1) is 19.8 Å². The Hall–Kier alpha value is -1.63. The molecule has 0 spiro atoms. The molecule has 1 aliphatic rings. The van der Waals surface area contributed by atoms with Crippen LogP contribution in [0.5, 0.6) is 0 Å². The molecule has 1 heterocycles. The third-order valence-electron chi connectivity index (χ3n) is 4.26. The van der Waals surface area contributed by atoms with Crippen molar-refractivity contribution in [2.24, 2.45) is 4.99 Å². The summed E-state index contributed by atoms with van der Waals surface area (Å²) in [6.45, 7) is 12.8. The highest BCUT2D eigenvalue weighted by Gasteiger charge is 2.10. The smallest absolute Gasteiger partial charge is 0.191 e. The van der Waals surface area contributed by atoms with Gasteiger partial charge in [-0.05, 0) is 31.4 Å². The molecular weight excluding hydrogens is 328 g/mol. The van der Waals surface area contributed by atoms with Crippen LogP contribution in [0.3, 0.4) is 0 Å². The molecule has 6 heteroatoms. The van der Waals surface area contributed by atoms with Crippen molar-refractivity contribution in [1.29, 1.82) is 0 Å². The van der Waals surface area contributed by atoms with Crippen LogP contribution in [0.1, 0.15) is 31.4 Å². The molecule has 0 bridgehead atoms. The van der Waals surface area contributed by atoms with E-state index >= 15 is 0 Å². The van der Waals surface area contributed by atoms with Crippen molar-refractivity contribution in [3.63, 3.8) is 0 Å². The topological polar surface area (TPSA) is 58.1 Å². The first kappa shape index (κ1) is 20.7. The summed E-state index contributed by atoms with van der Waals surface area (Å²) in [5.74, 6) is 0.862. The predicted molar refractivity (Wildman–Crippen MR) is 106 cm³/mol. The molecule has 0 aromatic heterocycles. The number of morpholine rings is 1. The number of hydrogen-bond donors (Lipinski definition) is 2. The molecule has 0 atom stereocenters. The predicted octanol–water partition coefficient (Wildman–Crippen LogP) is 2.00. The second-order valence-corrected chi connectivity index (χ2v) is 6.38. The maximum absolute atomic E-state index is 5.40. The second-order valence-electron chi connectivity index (χ2n) is 6.38. The number of nitrogens with zero attached hydrogens (tertiary/aromatic N) is 2. The lowest BCUT2D eigenvalue weighted by atomic mass is 10.1. The quantitative estimate of drug-likeness (QED) is 0.379. The van der Waals surface area contributed by atoms with Gasteiger partial charge in [0.1, 0.15) is 0 Å². The molecule has 0 radical (unpaired) electrons. The first-order valence-electron chi connectivity index (χ1n) is 9.79. The van der Waals surface area contributed by atoms with E-state index in [2.05, 4.69) is 51.7 Å². The summed E-state index contributed by atoms with van der Waals surface area (Å²) in [4.78, 5) is 7.11. The Labute approximate surface area is 158 Å². The van der Waals surface area contributed by atoms with E-state index in [0.29, 0.717) is 6.54 Å². The molecule has 6 nitrogen and oxygen atoms in total. The summed E-state index contributed by atoms with van der Waals surface area (Å²) < 4.78 is 10.8. The Morgan fingerprint density at radius 2 is 1.85 bits per heavy atom. The lowest BCUT2D eigenvalue weighted by Gasteiger charge is -2.26. The molecule has 2 N–H and O–H groups in total. The zero-order valence-corrected chi connectivity index (χ0v) is 16.3. The summed E-state index contributed by atoms with van der Waals surface area (Å²) in [7, 11) is 0. The van der Waals surface area contributed by atoms with Gasteiger partial charge in [0.25, 0.3) is 0 Å². The van der Waals surface area contributed by atoms with E-state index in [4.69, 9.17) is 9.47 Å². The van der Waals surface area contributed by atoms with Crippen LogP contribution >= 0.6 is 0 Å². The van der Waals surface area contributed by atoms with E-state index in [1.807, 2.05) is 6.92 Å².